The van der Waals surface area contributed by atoms with E-state index in [0.717, 1.165) is 23.9 Å². The van der Waals surface area contributed by atoms with Crippen LogP contribution in [-0.4, -0.2) is 18.1 Å². The summed E-state index contributed by atoms with van der Waals surface area (Å²) in [6, 6.07) is 4.62. The van der Waals surface area contributed by atoms with Crippen LogP contribution < -0.4 is 10.1 Å². The minimum Gasteiger partial charge on any atom is -0.481 e. The Morgan fingerprint density at radius 1 is 1.32 bits per heavy atom. The van der Waals surface area contributed by atoms with Gasteiger partial charge in [-0.1, -0.05) is 31.7 Å². The van der Waals surface area contributed by atoms with E-state index in [2.05, 4.69) is 23.3 Å². The van der Waals surface area contributed by atoms with Crippen molar-refractivity contribution in [3.8, 4) is 5.88 Å². The maximum atomic E-state index is 5.29. The molecule has 0 saturated heterocycles. The van der Waals surface area contributed by atoms with Gasteiger partial charge in [0.25, 0.3) is 0 Å². The monoisotopic (exact) mass is 262 g/mol. The Labute approximate surface area is 116 Å². The zero-order valence-corrected chi connectivity index (χ0v) is 12.2. The fourth-order valence-corrected chi connectivity index (χ4v) is 2.99. The molecule has 106 valence electrons. The van der Waals surface area contributed by atoms with Gasteiger partial charge in [-0.3, -0.25) is 0 Å². The largest absolute Gasteiger partial charge is 0.481 e. The van der Waals surface area contributed by atoms with Crippen molar-refractivity contribution in [1.29, 1.82) is 0 Å². The number of hydrogen-bond acceptors (Lipinski definition) is 3. The average Bonchev–Trinajstić information content (AvgIpc) is 2.74. The molecule has 1 N–H and O–H groups in total. The summed E-state index contributed by atoms with van der Waals surface area (Å²) in [5.74, 6) is 1.56. The lowest BCUT2D eigenvalue weighted by atomic mass is 9.93. The van der Waals surface area contributed by atoms with E-state index in [0.29, 0.717) is 6.04 Å². The molecule has 2 rings (SSSR count). The molecular formula is C16H26N2O. The Balaban J connectivity index is 1.86. The molecule has 1 saturated carbocycles. The van der Waals surface area contributed by atoms with Crippen LogP contribution in [0.2, 0.25) is 0 Å². The molecule has 0 amide bonds. The predicted molar refractivity (Wildman–Crippen MR) is 78.3 cm³/mol. The fraction of sp³-hybridized carbons (Fsp3) is 0.688. The van der Waals surface area contributed by atoms with Crippen molar-refractivity contribution >= 4 is 0 Å². The van der Waals surface area contributed by atoms with Gasteiger partial charge in [0.05, 0.1) is 7.11 Å². The van der Waals surface area contributed by atoms with E-state index < -0.39 is 0 Å². The van der Waals surface area contributed by atoms with Gasteiger partial charge in [0, 0.05) is 24.3 Å². The van der Waals surface area contributed by atoms with E-state index >= 15 is 0 Å². The second-order valence-corrected chi connectivity index (χ2v) is 5.59. The summed E-state index contributed by atoms with van der Waals surface area (Å²) in [6.07, 6.45) is 10.1. The molecule has 1 atom stereocenters. The number of hydrogen-bond donors (Lipinski definition) is 1. The smallest absolute Gasteiger partial charge is 0.217 e. The summed E-state index contributed by atoms with van der Waals surface area (Å²) in [7, 11) is 1.68. The van der Waals surface area contributed by atoms with Gasteiger partial charge in [-0.15, -0.1) is 0 Å². The van der Waals surface area contributed by atoms with Gasteiger partial charge >= 0.3 is 0 Å². The molecule has 3 heteroatoms. The Hall–Kier alpha value is -1.09. The standard InChI is InChI=1S/C16H26N2O/c1-13(14-8-5-3-4-6-9-14)18-12-15-10-7-11-17-16(15)19-2/h7,10-11,13-14,18H,3-6,8-9,12H2,1-2H3/t13-/m0/s1. The zero-order valence-electron chi connectivity index (χ0n) is 12.2. The minimum atomic E-state index is 0.572. The summed E-state index contributed by atoms with van der Waals surface area (Å²) in [4.78, 5) is 4.24. The molecule has 1 aliphatic rings. The molecule has 1 fully saturated rings. The van der Waals surface area contributed by atoms with E-state index in [1.54, 1.807) is 13.3 Å². The molecule has 0 aromatic carbocycles. The van der Waals surface area contributed by atoms with Gasteiger partial charge in [-0.2, -0.15) is 0 Å². The van der Waals surface area contributed by atoms with E-state index in [-0.39, 0.29) is 0 Å². The van der Waals surface area contributed by atoms with Crippen LogP contribution >= 0.6 is 0 Å². The van der Waals surface area contributed by atoms with Crippen molar-refractivity contribution < 1.29 is 4.74 Å². The fourth-order valence-electron chi connectivity index (χ4n) is 2.99. The molecule has 0 unspecified atom stereocenters. The third-order valence-electron chi connectivity index (χ3n) is 4.26. The van der Waals surface area contributed by atoms with Gasteiger partial charge in [-0.25, -0.2) is 4.98 Å². The molecule has 0 radical (unpaired) electrons. The third kappa shape index (κ3) is 4.20. The lowest BCUT2D eigenvalue weighted by Gasteiger charge is -2.24. The van der Waals surface area contributed by atoms with Crippen molar-refractivity contribution in [3.05, 3.63) is 23.9 Å². The zero-order chi connectivity index (χ0) is 13.5. The number of methoxy groups -OCH3 is 1. The second kappa shape index (κ2) is 7.49. The first kappa shape index (κ1) is 14.3. The van der Waals surface area contributed by atoms with Gasteiger partial charge in [0.15, 0.2) is 0 Å². The summed E-state index contributed by atoms with van der Waals surface area (Å²) >= 11 is 0. The van der Waals surface area contributed by atoms with Crippen molar-refractivity contribution in [1.82, 2.24) is 10.3 Å². The number of pyridine rings is 1. The van der Waals surface area contributed by atoms with Crippen LogP contribution in [0.1, 0.15) is 51.0 Å². The third-order valence-corrected chi connectivity index (χ3v) is 4.26. The minimum absolute atomic E-state index is 0.572. The maximum absolute atomic E-state index is 5.29. The van der Waals surface area contributed by atoms with Crippen LogP contribution in [0.15, 0.2) is 18.3 Å². The number of nitrogens with zero attached hydrogens (tertiary/aromatic N) is 1. The first-order chi connectivity index (χ1) is 9.31. The highest BCUT2D eigenvalue weighted by atomic mass is 16.5. The van der Waals surface area contributed by atoms with Gasteiger partial charge in [-0.05, 0) is 31.7 Å². The summed E-state index contributed by atoms with van der Waals surface area (Å²) in [5, 5.41) is 3.65. The molecule has 3 nitrogen and oxygen atoms in total. The van der Waals surface area contributed by atoms with Crippen molar-refractivity contribution in [3.63, 3.8) is 0 Å². The molecule has 1 aromatic heterocycles. The molecule has 1 aliphatic carbocycles. The molecule has 0 spiro atoms. The molecule has 19 heavy (non-hydrogen) atoms. The van der Waals surface area contributed by atoms with E-state index in [4.69, 9.17) is 4.74 Å². The summed E-state index contributed by atoms with van der Waals surface area (Å²) < 4.78 is 5.29. The highest BCUT2D eigenvalue weighted by Gasteiger charge is 2.18. The second-order valence-electron chi connectivity index (χ2n) is 5.59. The van der Waals surface area contributed by atoms with Crippen molar-refractivity contribution in [2.75, 3.05) is 7.11 Å². The summed E-state index contributed by atoms with van der Waals surface area (Å²) in [6.45, 7) is 3.16. The van der Waals surface area contributed by atoms with Crippen molar-refractivity contribution in [2.45, 2.75) is 58.0 Å². The number of ether oxygens (including phenoxy) is 1. The van der Waals surface area contributed by atoms with Crippen LogP contribution in [-0.2, 0) is 6.54 Å². The normalized spacial score (nSPS) is 18.8. The maximum Gasteiger partial charge on any atom is 0.217 e. The van der Waals surface area contributed by atoms with Gasteiger partial charge < -0.3 is 10.1 Å². The summed E-state index contributed by atoms with van der Waals surface area (Å²) in [5.41, 5.74) is 1.14. The Bertz CT molecular complexity index is 373. The Morgan fingerprint density at radius 2 is 2.05 bits per heavy atom. The first-order valence-electron chi connectivity index (χ1n) is 7.52. The van der Waals surface area contributed by atoms with Crippen LogP contribution in [0.25, 0.3) is 0 Å². The van der Waals surface area contributed by atoms with E-state index in [9.17, 15) is 0 Å². The lowest BCUT2D eigenvalue weighted by Crippen LogP contribution is -2.33. The first-order valence-corrected chi connectivity index (χ1v) is 7.52. The number of rotatable bonds is 5. The Kier molecular flexibility index (Phi) is 5.64. The quantitative estimate of drug-likeness (QED) is 0.824. The van der Waals surface area contributed by atoms with Crippen LogP contribution in [0, 0.1) is 5.92 Å². The number of nitrogens with one attached hydrogen (secondary N) is 1. The molecule has 0 bridgehead atoms. The van der Waals surface area contributed by atoms with Gasteiger partial charge in [0.1, 0.15) is 0 Å². The predicted octanol–water partition coefficient (Wildman–Crippen LogP) is 3.54. The SMILES string of the molecule is COc1ncccc1CN[C@@H](C)C1CCCCCC1. The van der Waals surface area contributed by atoms with Crippen LogP contribution in [0.4, 0.5) is 0 Å². The highest BCUT2D eigenvalue weighted by molar-refractivity contribution is 5.25. The van der Waals surface area contributed by atoms with Gasteiger partial charge in [0.2, 0.25) is 5.88 Å². The highest BCUT2D eigenvalue weighted by Crippen LogP contribution is 2.25. The molecule has 0 aliphatic heterocycles. The Morgan fingerprint density at radius 3 is 2.74 bits per heavy atom. The van der Waals surface area contributed by atoms with E-state index in [1.165, 1.54) is 38.5 Å². The van der Waals surface area contributed by atoms with Crippen LogP contribution in [0.5, 0.6) is 5.88 Å². The molecular weight excluding hydrogens is 236 g/mol. The number of aromatic nitrogens is 1. The van der Waals surface area contributed by atoms with E-state index in [1.807, 2.05) is 6.07 Å². The average molecular weight is 262 g/mol. The molecule has 1 aromatic rings. The van der Waals surface area contributed by atoms with Crippen molar-refractivity contribution in [2.24, 2.45) is 5.92 Å². The lowest BCUT2D eigenvalue weighted by molar-refractivity contribution is 0.332. The van der Waals surface area contributed by atoms with Crippen LogP contribution in [0.3, 0.4) is 0 Å². The molecule has 1 heterocycles. The topological polar surface area (TPSA) is 34.1 Å².